The molecule has 4 heteroatoms. The largest absolute Gasteiger partial charge is 0.496 e. The van der Waals surface area contributed by atoms with Gasteiger partial charge in [0, 0.05) is 11.6 Å². The van der Waals surface area contributed by atoms with Crippen molar-refractivity contribution in [3.8, 4) is 5.75 Å². The molecule has 1 atom stereocenters. The Hall–Kier alpha value is -0.250. The van der Waals surface area contributed by atoms with E-state index in [-0.39, 0.29) is 0 Å². The molecule has 82 valence electrons. The molecule has 1 N–H and O–H groups in total. The van der Waals surface area contributed by atoms with Gasteiger partial charge in [-0.25, -0.2) is 0 Å². The van der Waals surface area contributed by atoms with Crippen LogP contribution in [0.1, 0.15) is 17.9 Å². The number of halogens is 2. The Morgan fingerprint density at radius 2 is 2.33 bits per heavy atom. The third kappa shape index (κ3) is 2.30. The van der Waals surface area contributed by atoms with Gasteiger partial charge in [0.25, 0.3) is 0 Å². The van der Waals surface area contributed by atoms with E-state index in [1.165, 1.54) is 5.56 Å². The Morgan fingerprint density at radius 3 is 2.93 bits per heavy atom. The van der Waals surface area contributed by atoms with Gasteiger partial charge < -0.3 is 10.1 Å². The summed E-state index contributed by atoms with van der Waals surface area (Å²) in [6, 6.07) is 3.85. The summed E-state index contributed by atoms with van der Waals surface area (Å²) >= 11 is 9.63. The Morgan fingerprint density at radius 1 is 1.53 bits per heavy atom. The molecular formula is C11H13BrClNO. The average Bonchev–Trinajstić information content (AvgIpc) is 2.74. The number of hydrogen-bond donors (Lipinski definition) is 1. The fourth-order valence-corrected chi connectivity index (χ4v) is 2.88. The van der Waals surface area contributed by atoms with Crippen molar-refractivity contribution < 1.29 is 4.74 Å². The zero-order chi connectivity index (χ0) is 10.8. The van der Waals surface area contributed by atoms with E-state index in [0.717, 1.165) is 34.8 Å². The predicted octanol–water partition coefficient (Wildman–Crippen LogP) is 3.19. The Bertz CT molecular complexity index is 364. The molecule has 1 fully saturated rings. The highest BCUT2D eigenvalue weighted by atomic mass is 79.9. The van der Waals surface area contributed by atoms with E-state index in [1.54, 1.807) is 7.11 Å². The molecule has 1 aliphatic heterocycles. The number of methoxy groups -OCH3 is 1. The summed E-state index contributed by atoms with van der Waals surface area (Å²) in [7, 11) is 1.66. The normalized spacial score (nSPS) is 20.6. The lowest BCUT2D eigenvalue weighted by Crippen LogP contribution is -2.08. The van der Waals surface area contributed by atoms with Gasteiger partial charge in [0.15, 0.2) is 0 Å². The van der Waals surface area contributed by atoms with Gasteiger partial charge in [0.05, 0.1) is 11.6 Å². The molecule has 0 bridgehead atoms. The molecule has 0 aromatic heterocycles. The second-order valence-corrected chi connectivity index (χ2v) is 4.93. The maximum Gasteiger partial charge on any atom is 0.134 e. The molecule has 1 aliphatic rings. The number of nitrogens with one attached hydrogen (secondary N) is 1. The second-order valence-electron chi connectivity index (χ2n) is 3.70. The summed E-state index contributed by atoms with van der Waals surface area (Å²) < 4.78 is 6.30. The van der Waals surface area contributed by atoms with Crippen molar-refractivity contribution in [1.82, 2.24) is 5.32 Å². The Balaban J connectivity index is 2.40. The molecule has 1 saturated heterocycles. The Labute approximate surface area is 103 Å². The van der Waals surface area contributed by atoms with E-state index < -0.39 is 0 Å². The molecule has 0 saturated carbocycles. The maximum absolute atomic E-state index is 6.06. The molecule has 2 rings (SSSR count). The molecule has 0 amide bonds. The summed E-state index contributed by atoms with van der Waals surface area (Å²) in [6.07, 6.45) is 1.15. The van der Waals surface area contributed by atoms with Gasteiger partial charge in [-0.2, -0.15) is 0 Å². The molecule has 0 spiro atoms. The van der Waals surface area contributed by atoms with Crippen LogP contribution in [-0.4, -0.2) is 20.2 Å². The van der Waals surface area contributed by atoms with Gasteiger partial charge in [0.1, 0.15) is 5.75 Å². The van der Waals surface area contributed by atoms with Gasteiger partial charge in [-0.3, -0.25) is 0 Å². The smallest absolute Gasteiger partial charge is 0.134 e. The van der Waals surface area contributed by atoms with E-state index in [0.29, 0.717) is 5.92 Å². The van der Waals surface area contributed by atoms with Crippen LogP contribution in [0.2, 0.25) is 5.02 Å². The van der Waals surface area contributed by atoms with Crippen LogP contribution < -0.4 is 10.1 Å². The molecule has 1 unspecified atom stereocenters. The van der Waals surface area contributed by atoms with Crippen molar-refractivity contribution in [2.45, 2.75) is 12.3 Å². The van der Waals surface area contributed by atoms with E-state index in [1.807, 2.05) is 12.1 Å². The quantitative estimate of drug-likeness (QED) is 0.903. The molecule has 1 aromatic rings. The third-order valence-electron chi connectivity index (χ3n) is 2.75. The van der Waals surface area contributed by atoms with Crippen LogP contribution in [0.5, 0.6) is 5.75 Å². The molecular weight excluding hydrogens is 277 g/mol. The summed E-state index contributed by atoms with van der Waals surface area (Å²) in [6.45, 7) is 2.09. The predicted molar refractivity (Wildman–Crippen MR) is 65.9 cm³/mol. The first-order valence-electron chi connectivity index (χ1n) is 4.96. The van der Waals surface area contributed by atoms with Crippen molar-refractivity contribution in [3.05, 3.63) is 27.2 Å². The van der Waals surface area contributed by atoms with Gasteiger partial charge in [-0.1, -0.05) is 11.6 Å². The monoisotopic (exact) mass is 289 g/mol. The lowest BCUT2D eigenvalue weighted by Gasteiger charge is -2.14. The summed E-state index contributed by atoms with van der Waals surface area (Å²) in [5.74, 6) is 1.34. The fourth-order valence-electron chi connectivity index (χ4n) is 1.95. The minimum atomic E-state index is 0.534. The molecule has 1 aromatic carbocycles. The summed E-state index contributed by atoms with van der Waals surface area (Å²) in [5, 5.41) is 4.08. The van der Waals surface area contributed by atoms with E-state index in [2.05, 4.69) is 21.2 Å². The fraction of sp³-hybridized carbons (Fsp3) is 0.455. The van der Waals surface area contributed by atoms with E-state index in [9.17, 15) is 0 Å². The van der Waals surface area contributed by atoms with Crippen LogP contribution in [-0.2, 0) is 0 Å². The third-order valence-corrected chi connectivity index (χ3v) is 3.82. The number of benzene rings is 1. The Kier molecular flexibility index (Phi) is 3.54. The van der Waals surface area contributed by atoms with Gasteiger partial charge in [-0.15, -0.1) is 0 Å². The lowest BCUT2D eigenvalue weighted by atomic mass is 9.98. The van der Waals surface area contributed by atoms with Gasteiger partial charge >= 0.3 is 0 Å². The van der Waals surface area contributed by atoms with Crippen LogP contribution >= 0.6 is 27.5 Å². The number of rotatable bonds is 2. The lowest BCUT2D eigenvalue weighted by molar-refractivity contribution is 0.411. The highest BCUT2D eigenvalue weighted by Crippen LogP contribution is 2.38. The van der Waals surface area contributed by atoms with Crippen molar-refractivity contribution >= 4 is 27.5 Å². The van der Waals surface area contributed by atoms with Crippen molar-refractivity contribution in [1.29, 1.82) is 0 Å². The number of hydrogen-bond acceptors (Lipinski definition) is 2. The van der Waals surface area contributed by atoms with Crippen LogP contribution in [0.15, 0.2) is 16.6 Å². The van der Waals surface area contributed by atoms with Crippen LogP contribution in [0.3, 0.4) is 0 Å². The topological polar surface area (TPSA) is 21.3 Å². The van der Waals surface area contributed by atoms with Crippen molar-refractivity contribution in [2.75, 3.05) is 20.2 Å². The minimum absolute atomic E-state index is 0.534. The second kappa shape index (κ2) is 4.73. The van der Waals surface area contributed by atoms with Crippen LogP contribution in [0.4, 0.5) is 0 Å². The standard InChI is InChI=1S/C11H13BrClNO/c1-15-10-5-8(13)4-9(11(10)12)7-2-3-14-6-7/h4-5,7,14H,2-3,6H2,1H3. The van der Waals surface area contributed by atoms with Crippen LogP contribution in [0.25, 0.3) is 0 Å². The average molecular weight is 291 g/mol. The summed E-state index contributed by atoms with van der Waals surface area (Å²) in [4.78, 5) is 0. The zero-order valence-corrected chi connectivity index (χ0v) is 10.9. The highest BCUT2D eigenvalue weighted by molar-refractivity contribution is 9.10. The zero-order valence-electron chi connectivity index (χ0n) is 8.52. The SMILES string of the molecule is COc1cc(Cl)cc(C2CCNC2)c1Br. The first kappa shape index (κ1) is 11.2. The van der Waals surface area contributed by atoms with Crippen molar-refractivity contribution in [3.63, 3.8) is 0 Å². The van der Waals surface area contributed by atoms with E-state index >= 15 is 0 Å². The molecule has 1 heterocycles. The molecule has 0 radical (unpaired) electrons. The molecule has 15 heavy (non-hydrogen) atoms. The van der Waals surface area contributed by atoms with Crippen molar-refractivity contribution in [2.24, 2.45) is 0 Å². The summed E-state index contributed by atoms with van der Waals surface area (Å²) in [5.41, 5.74) is 1.24. The molecule has 2 nitrogen and oxygen atoms in total. The molecule has 0 aliphatic carbocycles. The van der Waals surface area contributed by atoms with Crippen LogP contribution in [0, 0.1) is 0 Å². The van der Waals surface area contributed by atoms with E-state index in [4.69, 9.17) is 16.3 Å². The maximum atomic E-state index is 6.06. The first-order valence-corrected chi connectivity index (χ1v) is 6.13. The van der Waals surface area contributed by atoms with Gasteiger partial charge in [0.2, 0.25) is 0 Å². The number of ether oxygens (including phenoxy) is 1. The first-order chi connectivity index (χ1) is 7.22. The van der Waals surface area contributed by atoms with Gasteiger partial charge in [-0.05, 0) is 52.5 Å². The highest BCUT2D eigenvalue weighted by Gasteiger charge is 2.21. The minimum Gasteiger partial charge on any atom is -0.496 e.